The summed E-state index contributed by atoms with van der Waals surface area (Å²) in [6.07, 6.45) is 3.67. The summed E-state index contributed by atoms with van der Waals surface area (Å²) in [5, 5.41) is 13.2. The van der Waals surface area contributed by atoms with Crippen LogP contribution < -0.4 is 4.74 Å². The molecular weight excluding hydrogens is 218 g/mol. The Balaban J connectivity index is 2.21. The quantitative estimate of drug-likeness (QED) is 0.882. The Bertz CT molecular complexity index is 543. The van der Waals surface area contributed by atoms with Gasteiger partial charge in [-0.1, -0.05) is 17.3 Å². The Labute approximate surface area is 99.1 Å². The van der Waals surface area contributed by atoms with E-state index in [1.54, 1.807) is 18.2 Å². The summed E-state index contributed by atoms with van der Waals surface area (Å²) < 4.78 is 10.1. The van der Waals surface area contributed by atoms with Crippen molar-refractivity contribution in [3.05, 3.63) is 41.3 Å². The van der Waals surface area contributed by atoms with Gasteiger partial charge in [0.25, 0.3) is 0 Å². The van der Waals surface area contributed by atoms with Crippen molar-refractivity contribution in [2.45, 2.75) is 6.92 Å². The molecule has 4 nitrogen and oxygen atoms in total. The molecule has 0 aliphatic heterocycles. The van der Waals surface area contributed by atoms with E-state index in [1.165, 1.54) is 7.11 Å². The standard InChI is InChI=1S/C13H13NO3/c1-9-7-11(17-14-9)5-3-10-4-6-12(15)13(8-10)16-2/h3-8,15H,1-2H3/b5-3+. The van der Waals surface area contributed by atoms with Crippen LogP contribution in [0.1, 0.15) is 17.0 Å². The van der Waals surface area contributed by atoms with Crippen LogP contribution in [-0.4, -0.2) is 17.4 Å². The summed E-state index contributed by atoms with van der Waals surface area (Å²) in [6, 6.07) is 6.96. The average molecular weight is 231 g/mol. The Morgan fingerprint density at radius 3 is 2.76 bits per heavy atom. The number of nitrogens with zero attached hydrogens (tertiary/aromatic N) is 1. The summed E-state index contributed by atoms with van der Waals surface area (Å²) in [6.45, 7) is 1.87. The number of phenols is 1. The predicted molar refractivity (Wildman–Crippen MR) is 64.8 cm³/mol. The van der Waals surface area contributed by atoms with Crippen LogP contribution >= 0.6 is 0 Å². The monoisotopic (exact) mass is 231 g/mol. The third kappa shape index (κ3) is 2.66. The average Bonchev–Trinajstić information content (AvgIpc) is 2.74. The van der Waals surface area contributed by atoms with Crippen LogP contribution in [0.2, 0.25) is 0 Å². The van der Waals surface area contributed by atoms with Gasteiger partial charge in [-0.15, -0.1) is 0 Å². The number of aryl methyl sites for hydroxylation is 1. The number of hydrogen-bond donors (Lipinski definition) is 1. The van der Waals surface area contributed by atoms with Crippen molar-refractivity contribution in [1.29, 1.82) is 0 Å². The second-order valence-corrected chi connectivity index (χ2v) is 3.64. The van der Waals surface area contributed by atoms with Crippen molar-refractivity contribution in [2.24, 2.45) is 0 Å². The molecule has 0 saturated carbocycles. The molecule has 0 amide bonds. The highest BCUT2D eigenvalue weighted by molar-refractivity contribution is 5.68. The molecule has 1 N–H and O–H groups in total. The van der Waals surface area contributed by atoms with E-state index in [0.717, 1.165) is 11.3 Å². The molecule has 0 spiro atoms. The van der Waals surface area contributed by atoms with Crippen LogP contribution in [0.4, 0.5) is 0 Å². The smallest absolute Gasteiger partial charge is 0.161 e. The first kappa shape index (κ1) is 11.3. The number of rotatable bonds is 3. The predicted octanol–water partition coefficient (Wildman–Crippen LogP) is 2.87. The first-order valence-corrected chi connectivity index (χ1v) is 5.17. The zero-order valence-electron chi connectivity index (χ0n) is 9.68. The minimum atomic E-state index is 0.125. The number of methoxy groups -OCH3 is 1. The van der Waals surface area contributed by atoms with Crippen LogP contribution in [0.15, 0.2) is 28.8 Å². The molecule has 1 heterocycles. The van der Waals surface area contributed by atoms with E-state index >= 15 is 0 Å². The molecule has 0 fully saturated rings. The number of hydrogen-bond acceptors (Lipinski definition) is 4. The summed E-state index contributed by atoms with van der Waals surface area (Å²) in [4.78, 5) is 0. The van der Waals surface area contributed by atoms with E-state index in [2.05, 4.69) is 5.16 Å². The molecule has 0 unspecified atom stereocenters. The molecule has 0 aliphatic carbocycles. The first-order valence-electron chi connectivity index (χ1n) is 5.17. The van der Waals surface area contributed by atoms with E-state index in [0.29, 0.717) is 11.5 Å². The number of aromatic hydroxyl groups is 1. The fraction of sp³-hybridized carbons (Fsp3) is 0.154. The van der Waals surface area contributed by atoms with Gasteiger partial charge in [0, 0.05) is 6.07 Å². The van der Waals surface area contributed by atoms with Crippen molar-refractivity contribution in [3.63, 3.8) is 0 Å². The van der Waals surface area contributed by atoms with Crippen molar-refractivity contribution >= 4 is 12.2 Å². The largest absolute Gasteiger partial charge is 0.504 e. The molecule has 88 valence electrons. The highest BCUT2D eigenvalue weighted by Gasteiger charge is 2.01. The molecule has 0 saturated heterocycles. The number of phenolic OH excluding ortho intramolecular Hbond substituents is 1. The Kier molecular flexibility index (Phi) is 3.14. The lowest BCUT2D eigenvalue weighted by Gasteiger charge is -2.03. The van der Waals surface area contributed by atoms with E-state index in [1.807, 2.05) is 25.1 Å². The fourth-order valence-corrected chi connectivity index (χ4v) is 1.44. The third-order valence-electron chi connectivity index (χ3n) is 2.29. The summed E-state index contributed by atoms with van der Waals surface area (Å²) in [7, 11) is 1.52. The SMILES string of the molecule is COc1cc(/C=C/c2cc(C)no2)ccc1O. The van der Waals surface area contributed by atoms with Gasteiger partial charge in [0.05, 0.1) is 12.8 Å². The highest BCUT2D eigenvalue weighted by atomic mass is 16.5. The van der Waals surface area contributed by atoms with Crippen LogP contribution in [0.25, 0.3) is 12.2 Å². The maximum absolute atomic E-state index is 9.45. The van der Waals surface area contributed by atoms with Gasteiger partial charge in [0.15, 0.2) is 17.3 Å². The normalized spacial score (nSPS) is 10.9. The van der Waals surface area contributed by atoms with Gasteiger partial charge < -0.3 is 14.4 Å². The second kappa shape index (κ2) is 4.74. The topological polar surface area (TPSA) is 55.5 Å². The lowest BCUT2D eigenvalue weighted by Crippen LogP contribution is -1.84. The molecule has 1 aromatic carbocycles. The molecule has 2 aromatic rings. The van der Waals surface area contributed by atoms with E-state index < -0.39 is 0 Å². The van der Waals surface area contributed by atoms with Gasteiger partial charge in [-0.2, -0.15) is 0 Å². The van der Waals surface area contributed by atoms with Gasteiger partial charge >= 0.3 is 0 Å². The Morgan fingerprint density at radius 2 is 2.12 bits per heavy atom. The highest BCUT2D eigenvalue weighted by Crippen LogP contribution is 2.27. The number of ether oxygens (including phenoxy) is 1. The third-order valence-corrected chi connectivity index (χ3v) is 2.29. The van der Waals surface area contributed by atoms with E-state index in [-0.39, 0.29) is 5.75 Å². The Hall–Kier alpha value is -2.23. The van der Waals surface area contributed by atoms with Crippen LogP contribution in [0.5, 0.6) is 11.5 Å². The van der Waals surface area contributed by atoms with Crippen LogP contribution in [0, 0.1) is 6.92 Å². The van der Waals surface area contributed by atoms with Crippen molar-refractivity contribution < 1.29 is 14.4 Å². The maximum Gasteiger partial charge on any atom is 0.161 e. The molecule has 0 bridgehead atoms. The van der Waals surface area contributed by atoms with Crippen molar-refractivity contribution in [1.82, 2.24) is 5.16 Å². The number of aromatic nitrogens is 1. The summed E-state index contributed by atoms with van der Waals surface area (Å²) in [5.74, 6) is 1.26. The summed E-state index contributed by atoms with van der Waals surface area (Å²) in [5.41, 5.74) is 1.75. The minimum Gasteiger partial charge on any atom is -0.504 e. The van der Waals surface area contributed by atoms with E-state index in [4.69, 9.17) is 9.26 Å². The first-order chi connectivity index (χ1) is 8.19. The van der Waals surface area contributed by atoms with Gasteiger partial charge in [-0.05, 0) is 30.7 Å². The molecule has 4 heteroatoms. The number of benzene rings is 1. The maximum atomic E-state index is 9.45. The Morgan fingerprint density at radius 1 is 1.29 bits per heavy atom. The minimum absolute atomic E-state index is 0.125. The lowest BCUT2D eigenvalue weighted by molar-refractivity contribution is 0.373. The molecular formula is C13H13NO3. The fourth-order valence-electron chi connectivity index (χ4n) is 1.44. The summed E-state index contributed by atoms with van der Waals surface area (Å²) >= 11 is 0. The molecule has 0 atom stereocenters. The molecule has 17 heavy (non-hydrogen) atoms. The van der Waals surface area contributed by atoms with Gasteiger partial charge in [-0.3, -0.25) is 0 Å². The zero-order valence-corrected chi connectivity index (χ0v) is 9.68. The van der Waals surface area contributed by atoms with Gasteiger partial charge in [0.1, 0.15) is 0 Å². The van der Waals surface area contributed by atoms with Gasteiger partial charge in [-0.25, -0.2) is 0 Å². The van der Waals surface area contributed by atoms with Crippen LogP contribution in [0.3, 0.4) is 0 Å². The molecule has 2 rings (SSSR count). The molecule has 0 radical (unpaired) electrons. The van der Waals surface area contributed by atoms with E-state index in [9.17, 15) is 5.11 Å². The van der Waals surface area contributed by atoms with Crippen molar-refractivity contribution in [2.75, 3.05) is 7.11 Å². The van der Waals surface area contributed by atoms with Crippen LogP contribution in [-0.2, 0) is 0 Å². The molecule has 1 aromatic heterocycles. The van der Waals surface area contributed by atoms with Crippen molar-refractivity contribution in [3.8, 4) is 11.5 Å². The molecule has 0 aliphatic rings. The lowest BCUT2D eigenvalue weighted by atomic mass is 10.2. The van der Waals surface area contributed by atoms with Gasteiger partial charge in [0.2, 0.25) is 0 Å². The zero-order chi connectivity index (χ0) is 12.3. The second-order valence-electron chi connectivity index (χ2n) is 3.64.